The Labute approximate surface area is 107 Å². The van der Waals surface area contributed by atoms with Gasteiger partial charge in [0.05, 0.1) is 13.2 Å². The van der Waals surface area contributed by atoms with Gasteiger partial charge in [-0.3, -0.25) is 9.59 Å². The molecule has 0 saturated carbocycles. The highest BCUT2D eigenvalue weighted by atomic mass is 35.5. The lowest BCUT2D eigenvalue weighted by atomic mass is 10.5. The number of carbonyl (C=O) groups excluding carboxylic acids is 2. The van der Waals surface area contributed by atoms with Crippen LogP contribution in [0.2, 0.25) is 4.47 Å². The van der Waals surface area contributed by atoms with Gasteiger partial charge in [-0.2, -0.15) is 0 Å². The van der Waals surface area contributed by atoms with Crippen molar-refractivity contribution in [3.8, 4) is 0 Å². The minimum atomic E-state index is -0.476. The molecule has 1 heterocycles. The van der Waals surface area contributed by atoms with E-state index in [-0.39, 0.29) is 21.9 Å². The maximum absolute atomic E-state index is 11.4. The van der Waals surface area contributed by atoms with Crippen molar-refractivity contribution in [2.24, 2.45) is 0 Å². The topological polar surface area (TPSA) is 93.2 Å². The lowest BCUT2D eigenvalue weighted by Gasteiger charge is -2.04. The number of hydrogen-bond acceptors (Lipinski definition) is 6. The zero-order chi connectivity index (χ0) is 12.7. The highest BCUT2D eigenvalue weighted by molar-refractivity contribution is 7.17. The number of methoxy groups -OCH3 is 1. The number of halogens is 1. The third-order valence-corrected chi connectivity index (χ3v) is 2.65. The Hall–Kier alpha value is -1.25. The number of ether oxygens (including phenoxy) is 1. The first kappa shape index (κ1) is 13.8. The highest BCUT2D eigenvalue weighted by Gasteiger charge is 2.12. The molecule has 0 spiro atoms. The number of nitrogens with one attached hydrogen (secondary N) is 2. The lowest BCUT2D eigenvalue weighted by molar-refractivity contribution is -0.120. The van der Waals surface area contributed by atoms with Crippen LogP contribution in [-0.4, -0.2) is 48.8 Å². The number of carbonyl (C=O) groups is 2. The normalized spacial score (nSPS) is 10.0. The summed E-state index contributed by atoms with van der Waals surface area (Å²) < 4.78 is 4.94. The Bertz CT molecular complexity index is 398. The van der Waals surface area contributed by atoms with Crippen LogP contribution in [0.25, 0.3) is 0 Å². The summed E-state index contributed by atoms with van der Waals surface area (Å²) >= 11 is 6.47. The largest absolute Gasteiger partial charge is 0.383 e. The van der Waals surface area contributed by atoms with Crippen molar-refractivity contribution >= 4 is 34.8 Å². The van der Waals surface area contributed by atoms with Gasteiger partial charge in [-0.05, 0) is 11.6 Å². The summed E-state index contributed by atoms with van der Waals surface area (Å²) in [6.45, 7) is 0.696. The summed E-state index contributed by atoms with van der Waals surface area (Å²) in [6.07, 6.45) is 0. The van der Waals surface area contributed by atoms with E-state index in [0.717, 1.165) is 11.3 Å². The van der Waals surface area contributed by atoms with Crippen molar-refractivity contribution in [2.75, 3.05) is 26.8 Å². The minimum Gasteiger partial charge on any atom is -0.383 e. The van der Waals surface area contributed by atoms with E-state index < -0.39 is 5.91 Å². The first-order chi connectivity index (χ1) is 8.13. The molecule has 0 aromatic carbocycles. The molecule has 94 valence electrons. The zero-order valence-corrected chi connectivity index (χ0v) is 10.6. The van der Waals surface area contributed by atoms with E-state index in [4.69, 9.17) is 16.3 Å². The van der Waals surface area contributed by atoms with Crippen LogP contribution in [-0.2, 0) is 9.53 Å². The van der Waals surface area contributed by atoms with Crippen molar-refractivity contribution < 1.29 is 14.3 Å². The molecule has 0 unspecified atom stereocenters. The Morgan fingerprint density at radius 1 is 1.41 bits per heavy atom. The molecular weight excluding hydrogens is 268 g/mol. The van der Waals surface area contributed by atoms with Gasteiger partial charge in [0.25, 0.3) is 5.91 Å². The maximum Gasteiger partial charge on any atom is 0.282 e. The number of aromatic nitrogens is 2. The lowest BCUT2D eigenvalue weighted by Crippen LogP contribution is -2.38. The van der Waals surface area contributed by atoms with Gasteiger partial charge in [-0.25, -0.2) is 0 Å². The molecule has 17 heavy (non-hydrogen) atoms. The smallest absolute Gasteiger partial charge is 0.282 e. The summed E-state index contributed by atoms with van der Waals surface area (Å²) in [5, 5.41) is 12.1. The van der Waals surface area contributed by atoms with Gasteiger partial charge >= 0.3 is 0 Å². The van der Waals surface area contributed by atoms with Crippen LogP contribution in [0.15, 0.2) is 0 Å². The van der Waals surface area contributed by atoms with Gasteiger partial charge in [0.15, 0.2) is 0 Å². The zero-order valence-electron chi connectivity index (χ0n) is 9.03. The predicted molar refractivity (Wildman–Crippen MR) is 62.1 cm³/mol. The Morgan fingerprint density at radius 3 is 2.76 bits per heavy atom. The molecule has 1 rings (SSSR count). The maximum atomic E-state index is 11.4. The molecule has 9 heteroatoms. The van der Waals surface area contributed by atoms with E-state index in [1.54, 1.807) is 0 Å². The summed E-state index contributed by atoms with van der Waals surface area (Å²) in [5.41, 5.74) is 0. The van der Waals surface area contributed by atoms with E-state index in [1.807, 2.05) is 0 Å². The van der Waals surface area contributed by atoms with Gasteiger partial charge in [-0.1, -0.05) is 11.3 Å². The first-order valence-corrected chi connectivity index (χ1v) is 5.85. The monoisotopic (exact) mass is 278 g/mol. The standard InChI is InChI=1S/C8H11ClN4O3S/c1-16-3-2-10-5(14)4-11-6(15)7-12-13-8(9)17-7/h2-4H2,1H3,(H,10,14)(H,11,15). The van der Waals surface area contributed by atoms with E-state index in [0.29, 0.717) is 13.2 Å². The van der Waals surface area contributed by atoms with Crippen LogP contribution in [0, 0.1) is 0 Å². The van der Waals surface area contributed by atoms with Crippen molar-refractivity contribution in [1.82, 2.24) is 20.8 Å². The van der Waals surface area contributed by atoms with Crippen LogP contribution in [0.1, 0.15) is 9.80 Å². The molecule has 2 amide bonds. The Balaban J connectivity index is 2.26. The molecule has 0 fully saturated rings. The van der Waals surface area contributed by atoms with Crippen LogP contribution in [0.5, 0.6) is 0 Å². The first-order valence-electron chi connectivity index (χ1n) is 4.66. The molecule has 2 N–H and O–H groups in total. The number of nitrogens with zero attached hydrogens (tertiary/aromatic N) is 2. The molecule has 0 radical (unpaired) electrons. The van der Waals surface area contributed by atoms with E-state index >= 15 is 0 Å². The van der Waals surface area contributed by atoms with Gasteiger partial charge < -0.3 is 15.4 Å². The fourth-order valence-corrected chi connectivity index (χ4v) is 1.63. The third-order valence-electron chi connectivity index (χ3n) is 1.63. The average molecular weight is 279 g/mol. The second kappa shape index (κ2) is 7.15. The quantitative estimate of drug-likeness (QED) is 0.696. The molecule has 1 aromatic rings. The molecular formula is C8H11ClN4O3S. The molecule has 0 atom stereocenters. The molecule has 0 aliphatic heterocycles. The molecule has 0 saturated heterocycles. The Kier molecular flexibility index (Phi) is 5.81. The summed E-state index contributed by atoms with van der Waals surface area (Å²) in [5.74, 6) is -0.776. The highest BCUT2D eigenvalue weighted by Crippen LogP contribution is 2.14. The second-order valence-electron chi connectivity index (χ2n) is 2.89. The Morgan fingerprint density at radius 2 is 2.18 bits per heavy atom. The van der Waals surface area contributed by atoms with Crippen molar-refractivity contribution in [2.45, 2.75) is 0 Å². The van der Waals surface area contributed by atoms with Crippen LogP contribution < -0.4 is 10.6 Å². The van der Waals surface area contributed by atoms with E-state index in [2.05, 4.69) is 20.8 Å². The number of rotatable bonds is 6. The molecule has 0 bridgehead atoms. The van der Waals surface area contributed by atoms with Crippen LogP contribution in [0.4, 0.5) is 0 Å². The fourth-order valence-electron chi connectivity index (χ4n) is 0.888. The molecule has 0 aliphatic rings. The fraction of sp³-hybridized carbons (Fsp3) is 0.500. The summed E-state index contributed by atoms with van der Waals surface area (Å²) in [4.78, 5) is 22.6. The van der Waals surface area contributed by atoms with Gasteiger partial charge in [0.2, 0.25) is 15.4 Å². The van der Waals surface area contributed by atoms with E-state index in [1.165, 1.54) is 7.11 Å². The number of amides is 2. The van der Waals surface area contributed by atoms with E-state index in [9.17, 15) is 9.59 Å². The molecule has 0 aliphatic carbocycles. The SMILES string of the molecule is COCCNC(=O)CNC(=O)c1nnc(Cl)s1. The summed E-state index contributed by atoms with van der Waals surface area (Å²) in [7, 11) is 1.53. The van der Waals surface area contributed by atoms with Crippen molar-refractivity contribution in [3.05, 3.63) is 9.47 Å². The van der Waals surface area contributed by atoms with Crippen LogP contribution in [0.3, 0.4) is 0 Å². The van der Waals surface area contributed by atoms with Crippen molar-refractivity contribution in [1.29, 1.82) is 0 Å². The third kappa shape index (κ3) is 5.07. The minimum absolute atomic E-state index is 0.125. The van der Waals surface area contributed by atoms with Gasteiger partial charge in [0.1, 0.15) is 0 Å². The van der Waals surface area contributed by atoms with Gasteiger partial charge in [0, 0.05) is 13.7 Å². The predicted octanol–water partition coefficient (Wildman–Crippen LogP) is -0.316. The number of hydrogen-bond donors (Lipinski definition) is 2. The molecule has 7 nitrogen and oxygen atoms in total. The van der Waals surface area contributed by atoms with Gasteiger partial charge in [-0.15, -0.1) is 10.2 Å². The second-order valence-corrected chi connectivity index (χ2v) is 4.45. The van der Waals surface area contributed by atoms with Crippen LogP contribution >= 0.6 is 22.9 Å². The van der Waals surface area contributed by atoms with Crippen molar-refractivity contribution in [3.63, 3.8) is 0 Å². The average Bonchev–Trinajstić information content (AvgIpc) is 2.73. The summed E-state index contributed by atoms with van der Waals surface area (Å²) in [6, 6.07) is 0. The molecule has 1 aromatic heterocycles.